The zero-order valence-electron chi connectivity index (χ0n) is 7.98. The number of aliphatic hydroxyl groups is 1. The summed E-state index contributed by atoms with van der Waals surface area (Å²) in [7, 11) is 0. The van der Waals surface area contributed by atoms with Crippen LogP contribution in [0.3, 0.4) is 0 Å². The van der Waals surface area contributed by atoms with Crippen molar-refractivity contribution in [1.29, 1.82) is 0 Å². The molecule has 3 heteroatoms. The van der Waals surface area contributed by atoms with E-state index in [9.17, 15) is 9.90 Å². The fourth-order valence-electron chi connectivity index (χ4n) is 1.50. The number of hydrogen-bond acceptors (Lipinski definition) is 3. The van der Waals surface area contributed by atoms with Crippen LogP contribution in [0.4, 0.5) is 0 Å². The van der Waals surface area contributed by atoms with Crippen molar-refractivity contribution in [1.82, 2.24) is 0 Å². The standard InChI is InChI=1S/C11H14O3/c1-3-7-11(8-4-2)9(12)5-6-10(13)14-11/h3-6,10,13H,1-2,7-8H2. The molecule has 76 valence electrons. The average molecular weight is 194 g/mol. The Kier molecular flexibility index (Phi) is 3.38. The molecule has 1 unspecified atom stereocenters. The van der Waals surface area contributed by atoms with Crippen LogP contribution in [0.1, 0.15) is 12.8 Å². The molecule has 1 rings (SSSR count). The maximum atomic E-state index is 11.6. The van der Waals surface area contributed by atoms with Crippen LogP contribution in [0.5, 0.6) is 0 Å². The lowest BCUT2D eigenvalue weighted by molar-refractivity contribution is -0.177. The monoisotopic (exact) mass is 194 g/mol. The summed E-state index contributed by atoms with van der Waals surface area (Å²) >= 11 is 0. The van der Waals surface area contributed by atoms with Crippen molar-refractivity contribution in [2.45, 2.75) is 24.7 Å². The smallest absolute Gasteiger partial charge is 0.188 e. The first-order valence-electron chi connectivity index (χ1n) is 4.45. The Bertz CT molecular complexity index is 268. The molecule has 0 saturated heterocycles. The Hall–Kier alpha value is -1.19. The summed E-state index contributed by atoms with van der Waals surface area (Å²) in [6.45, 7) is 7.14. The van der Waals surface area contributed by atoms with E-state index in [0.717, 1.165) is 0 Å². The highest BCUT2D eigenvalue weighted by atomic mass is 16.6. The highest BCUT2D eigenvalue weighted by Gasteiger charge is 2.39. The van der Waals surface area contributed by atoms with Gasteiger partial charge >= 0.3 is 0 Å². The van der Waals surface area contributed by atoms with Crippen molar-refractivity contribution < 1.29 is 14.6 Å². The third kappa shape index (κ3) is 2.00. The number of ketones is 1. The van der Waals surface area contributed by atoms with E-state index in [0.29, 0.717) is 12.8 Å². The fraction of sp³-hybridized carbons (Fsp3) is 0.364. The molecular formula is C11H14O3. The van der Waals surface area contributed by atoms with Gasteiger partial charge < -0.3 is 9.84 Å². The van der Waals surface area contributed by atoms with E-state index in [1.165, 1.54) is 12.2 Å². The van der Waals surface area contributed by atoms with Gasteiger partial charge in [-0.3, -0.25) is 4.79 Å². The molecule has 3 nitrogen and oxygen atoms in total. The molecular weight excluding hydrogens is 180 g/mol. The Morgan fingerprint density at radius 1 is 1.50 bits per heavy atom. The summed E-state index contributed by atoms with van der Waals surface area (Å²) in [5.41, 5.74) is -1.00. The van der Waals surface area contributed by atoms with Crippen molar-refractivity contribution in [3.8, 4) is 0 Å². The molecule has 0 radical (unpaired) electrons. The minimum atomic E-state index is -1.02. The number of rotatable bonds is 4. The van der Waals surface area contributed by atoms with Crippen LogP contribution < -0.4 is 0 Å². The fourth-order valence-corrected chi connectivity index (χ4v) is 1.50. The molecule has 1 aliphatic rings. The third-order valence-corrected chi connectivity index (χ3v) is 2.16. The van der Waals surface area contributed by atoms with Gasteiger partial charge in [0, 0.05) is 12.8 Å². The first kappa shape index (κ1) is 10.9. The van der Waals surface area contributed by atoms with Crippen molar-refractivity contribution in [3.63, 3.8) is 0 Å². The molecule has 0 amide bonds. The van der Waals surface area contributed by atoms with Crippen molar-refractivity contribution in [2.75, 3.05) is 0 Å². The quantitative estimate of drug-likeness (QED) is 0.687. The number of aliphatic hydroxyl groups excluding tert-OH is 1. The van der Waals surface area contributed by atoms with Gasteiger partial charge in [0.25, 0.3) is 0 Å². The maximum absolute atomic E-state index is 11.6. The van der Waals surface area contributed by atoms with Gasteiger partial charge in [-0.2, -0.15) is 0 Å². The van der Waals surface area contributed by atoms with Crippen molar-refractivity contribution in [2.24, 2.45) is 0 Å². The zero-order valence-corrected chi connectivity index (χ0v) is 7.98. The van der Waals surface area contributed by atoms with E-state index in [4.69, 9.17) is 4.74 Å². The molecule has 0 aliphatic carbocycles. The predicted octanol–water partition coefficient (Wildman–Crippen LogP) is 1.35. The maximum Gasteiger partial charge on any atom is 0.188 e. The lowest BCUT2D eigenvalue weighted by Gasteiger charge is -2.33. The summed E-state index contributed by atoms with van der Waals surface area (Å²) in [4.78, 5) is 11.6. The van der Waals surface area contributed by atoms with E-state index < -0.39 is 11.9 Å². The predicted molar refractivity (Wildman–Crippen MR) is 53.6 cm³/mol. The molecule has 14 heavy (non-hydrogen) atoms. The summed E-state index contributed by atoms with van der Waals surface area (Å²) in [6.07, 6.45) is 5.61. The normalized spacial score (nSPS) is 24.6. The second-order valence-electron chi connectivity index (χ2n) is 3.21. The molecule has 0 aromatic rings. The molecule has 1 aliphatic heterocycles. The largest absolute Gasteiger partial charge is 0.365 e. The molecule has 1 heterocycles. The Balaban J connectivity index is 2.94. The van der Waals surface area contributed by atoms with Gasteiger partial charge in [-0.25, -0.2) is 0 Å². The van der Waals surface area contributed by atoms with Gasteiger partial charge in [0.1, 0.15) is 5.60 Å². The number of hydrogen-bond donors (Lipinski definition) is 1. The van der Waals surface area contributed by atoms with E-state index in [1.807, 2.05) is 0 Å². The lowest BCUT2D eigenvalue weighted by atomic mass is 9.88. The van der Waals surface area contributed by atoms with Gasteiger partial charge in [-0.05, 0) is 12.2 Å². The molecule has 0 bridgehead atoms. The van der Waals surface area contributed by atoms with Crippen molar-refractivity contribution >= 4 is 5.78 Å². The first-order chi connectivity index (χ1) is 6.64. The lowest BCUT2D eigenvalue weighted by Crippen LogP contribution is -2.45. The van der Waals surface area contributed by atoms with Crippen LogP contribution in [-0.2, 0) is 9.53 Å². The molecule has 0 saturated carbocycles. The van der Waals surface area contributed by atoms with Crippen LogP contribution in [0, 0.1) is 0 Å². The summed E-state index contributed by atoms with van der Waals surface area (Å²) in [6, 6.07) is 0. The third-order valence-electron chi connectivity index (χ3n) is 2.16. The van der Waals surface area contributed by atoms with E-state index >= 15 is 0 Å². The molecule has 1 atom stereocenters. The summed E-state index contributed by atoms with van der Waals surface area (Å²) < 4.78 is 5.24. The minimum Gasteiger partial charge on any atom is -0.365 e. The van der Waals surface area contributed by atoms with Gasteiger partial charge in [-0.15, -0.1) is 13.2 Å². The van der Waals surface area contributed by atoms with Crippen LogP contribution in [0.2, 0.25) is 0 Å². The average Bonchev–Trinajstić information content (AvgIpc) is 2.13. The number of carbonyl (C=O) groups is 1. The van der Waals surface area contributed by atoms with Gasteiger partial charge in [0.2, 0.25) is 0 Å². The Morgan fingerprint density at radius 2 is 2.07 bits per heavy atom. The Labute approximate surface area is 83.4 Å². The van der Waals surface area contributed by atoms with Gasteiger partial charge in [-0.1, -0.05) is 12.2 Å². The second-order valence-corrected chi connectivity index (χ2v) is 3.21. The van der Waals surface area contributed by atoms with Crippen LogP contribution in [0.25, 0.3) is 0 Å². The van der Waals surface area contributed by atoms with Gasteiger partial charge in [0.05, 0.1) is 0 Å². The van der Waals surface area contributed by atoms with Crippen LogP contribution in [-0.4, -0.2) is 22.8 Å². The van der Waals surface area contributed by atoms with Crippen molar-refractivity contribution in [3.05, 3.63) is 37.5 Å². The topological polar surface area (TPSA) is 46.5 Å². The highest BCUT2D eigenvalue weighted by Crippen LogP contribution is 2.28. The molecule has 1 N–H and O–H groups in total. The summed E-state index contributed by atoms with van der Waals surface area (Å²) in [5.74, 6) is -0.150. The molecule has 0 fully saturated rings. The summed E-state index contributed by atoms with van der Waals surface area (Å²) in [5, 5.41) is 9.29. The Morgan fingerprint density at radius 3 is 2.57 bits per heavy atom. The van der Waals surface area contributed by atoms with E-state index in [-0.39, 0.29) is 5.78 Å². The van der Waals surface area contributed by atoms with Crippen LogP contribution >= 0.6 is 0 Å². The minimum absolute atomic E-state index is 0.150. The SMILES string of the molecule is C=CCC1(CC=C)OC(O)C=CC1=O. The molecule has 0 aromatic heterocycles. The first-order valence-corrected chi connectivity index (χ1v) is 4.45. The second kappa shape index (κ2) is 4.35. The van der Waals surface area contributed by atoms with E-state index in [2.05, 4.69) is 13.2 Å². The van der Waals surface area contributed by atoms with Crippen LogP contribution in [0.15, 0.2) is 37.5 Å². The van der Waals surface area contributed by atoms with Gasteiger partial charge in [0.15, 0.2) is 12.1 Å². The zero-order chi connectivity index (χ0) is 10.6. The van der Waals surface area contributed by atoms with E-state index in [1.54, 1.807) is 12.2 Å². The molecule has 0 aromatic carbocycles. The highest BCUT2D eigenvalue weighted by molar-refractivity contribution is 5.98. The number of carbonyl (C=O) groups excluding carboxylic acids is 1. The number of ether oxygens (including phenoxy) is 1. The molecule has 0 spiro atoms.